The maximum atomic E-state index is 5.37. The molecular weight excluding hydrogens is 266 g/mol. The Morgan fingerprint density at radius 3 is 2.62 bits per heavy atom. The Bertz CT molecular complexity index is 471. The highest BCUT2D eigenvalue weighted by Crippen LogP contribution is 2.07. The molecule has 0 aliphatic carbocycles. The van der Waals surface area contributed by atoms with E-state index in [1.807, 2.05) is 51.0 Å². The number of hydrogen-bond donors (Lipinski definition) is 2. The minimum Gasteiger partial charge on any atom is -0.377 e. The molecule has 1 aromatic heterocycles. The molecule has 0 aliphatic heterocycles. The summed E-state index contributed by atoms with van der Waals surface area (Å²) in [4.78, 5) is 10.7. The first-order valence-corrected chi connectivity index (χ1v) is 7.01. The summed E-state index contributed by atoms with van der Waals surface area (Å²) >= 11 is 0. The van der Waals surface area contributed by atoms with E-state index in [4.69, 9.17) is 4.74 Å². The molecule has 1 rings (SSSR count). The smallest absolute Gasteiger partial charge is 0.191 e. The Hall–Kier alpha value is -1.82. The van der Waals surface area contributed by atoms with Crippen molar-refractivity contribution in [3.63, 3.8) is 0 Å². The first-order valence-electron chi connectivity index (χ1n) is 7.01. The number of nitrogens with one attached hydrogen (secondary N) is 2. The normalized spacial score (nSPS) is 12.2. The van der Waals surface area contributed by atoms with E-state index in [0.717, 1.165) is 17.5 Å². The molecule has 118 valence electrons. The predicted octanol–water partition coefficient (Wildman–Crippen LogP) is 1.24. The molecule has 0 atom stereocenters. The van der Waals surface area contributed by atoms with E-state index < -0.39 is 0 Å². The molecule has 0 spiro atoms. The number of guanidine groups is 1. The summed E-state index contributed by atoms with van der Waals surface area (Å²) in [6.07, 6.45) is 0. The lowest BCUT2D eigenvalue weighted by Crippen LogP contribution is -2.45. The molecule has 0 aliphatic rings. The first-order chi connectivity index (χ1) is 9.88. The summed E-state index contributed by atoms with van der Waals surface area (Å²) in [6.45, 7) is 5.34. The van der Waals surface area contributed by atoms with Crippen LogP contribution in [0.2, 0.25) is 0 Å². The molecule has 0 radical (unpaired) electrons. The van der Waals surface area contributed by atoms with E-state index >= 15 is 0 Å². The van der Waals surface area contributed by atoms with Gasteiger partial charge in [-0.2, -0.15) is 0 Å². The van der Waals surface area contributed by atoms with Gasteiger partial charge in [0.2, 0.25) is 0 Å². The third-order valence-corrected chi connectivity index (χ3v) is 3.14. The van der Waals surface area contributed by atoms with Crippen molar-refractivity contribution in [2.24, 2.45) is 4.99 Å². The lowest BCUT2D eigenvalue weighted by Gasteiger charge is -2.24. The van der Waals surface area contributed by atoms with Crippen LogP contribution < -0.4 is 15.5 Å². The summed E-state index contributed by atoms with van der Waals surface area (Å²) in [5.41, 5.74) is 0.732. The molecule has 2 N–H and O–H groups in total. The fourth-order valence-corrected chi connectivity index (χ4v) is 1.58. The number of pyridine rings is 1. The monoisotopic (exact) mass is 293 g/mol. The zero-order valence-corrected chi connectivity index (χ0v) is 13.9. The molecule has 6 heteroatoms. The van der Waals surface area contributed by atoms with Gasteiger partial charge < -0.3 is 20.3 Å². The van der Waals surface area contributed by atoms with Crippen LogP contribution in [0.4, 0.5) is 5.82 Å². The highest BCUT2D eigenvalue weighted by molar-refractivity contribution is 5.79. The summed E-state index contributed by atoms with van der Waals surface area (Å²) in [7, 11) is 7.41. The highest BCUT2D eigenvalue weighted by atomic mass is 16.5. The SMILES string of the molecule is CN=C(NCc1cccc(N(C)C)n1)NCC(C)(C)OC. The minimum absolute atomic E-state index is 0.235. The van der Waals surface area contributed by atoms with Gasteiger partial charge in [0.15, 0.2) is 5.96 Å². The second-order valence-corrected chi connectivity index (χ2v) is 5.62. The van der Waals surface area contributed by atoms with Crippen molar-refractivity contribution in [3.05, 3.63) is 23.9 Å². The second-order valence-electron chi connectivity index (χ2n) is 5.62. The summed E-state index contributed by atoms with van der Waals surface area (Å²) in [5, 5.41) is 6.49. The van der Waals surface area contributed by atoms with Crippen LogP contribution in [-0.4, -0.2) is 51.3 Å². The Morgan fingerprint density at radius 1 is 1.33 bits per heavy atom. The van der Waals surface area contributed by atoms with Crippen LogP contribution in [0.1, 0.15) is 19.5 Å². The number of methoxy groups -OCH3 is 1. The average Bonchev–Trinajstić information content (AvgIpc) is 2.47. The van der Waals surface area contributed by atoms with Gasteiger partial charge in [0, 0.05) is 34.8 Å². The average molecular weight is 293 g/mol. The molecule has 0 saturated carbocycles. The number of ether oxygens (including phenoxy) is 1. The molecule has 1 heterocycles. The molecule has 0 aromatic carbocycles. The zero-order chi connectivity index (χ0) is 15.9. The van der Waals surface area contributed by atoms with Crippen molar-refractivity contribution in [2.75, 3.05) is 39.7 Å². The van der Waals surface area contributed by atoms with Crippen molar-refractivity contribution < 1.29 is 4.74 Å². The Morgan fingerprint density at radius 2 is 2.05 bits per heavy atom. The topological polar surface area (TPSA) is 61.8 Å². The number of rotatable bonds is 6. The van der Waals surface area contributed by atoms with Crippen LogP contribution in [0.15, 0.2) is 23.2 Å². The second kappa shape index (κ2) is 7.83. The maximum absolute atomic E-state index is 5.37. The van der Waals surface area contributed by atoms with Gasteiger partial charge in [-0.1, -0.05) is 6.07 Å². The zero-order valence-electron chi connectivity index (χ0n) is 13.9. The highest BCUT2D eigenvalue weighted by Gasteiger charge is 2.16. The van der Waals surface area contributed by atoms with Gasteiger partial charge in [-0.05, 0) is 26.0 Å². The quantitative estimate of drug-likeness (QED) is 0.610. The van der Waals surface area contributed by atoms with Gasteiger partial charge in [0.05, 0.1) is 17.8 Å². The maximum Gasteiger partial charge on any atom is 0.191 e. The van der Waals surface area contributed by atoms with Crippen LogP contribution in [0.3, 0.4) is 0 Å². The van der Waals surface area contributed by atoms with Crippen molar-refractivity contribution in [3.8, 4) is 0 Å². The number of hydrogen-bond acceptors (Lipinski definition) is 4. The molecule has 21 heavy (non-hydrogen) atoms. The van der Waals surface area contributed by atoms with Gasteiger partial charge in [-0.15, -0.1) is 0 Å². The third-order valence-electron chi connectivity index (χ3n) is 3.14. The van der Waals surface area contributed by atoms with Crippen LogP contribution in [0.5, 0.6) is 0 Å². The number of aliphatic imine (C=N–C) groups is 1. The molecule has 0 amide bonds. The molecule has 0 fully saturated rings. The standard InChI is InChI=1S/C15H27N5O/c1-15(2,21-6)11-18-14(16-3)17-10-12-8-7-9-13(19-12)20(4)5/h7-9H,10-11H2,1-6H3,(H2,16,17,18). The fourth-order valence-electron chi connectivity index (χ4n) is 1.58. The van der Waals surface area contributed by atoms with Crippen LogP contribution >= 0.6 is 0 Å². The third kappa shape index (κ3) is 5.99. The van der Waals surface area contributed by atoms with E-state index in [9.17, 15) is 0 Å². The van der Waals surface area contributed by atoms with E-state index in [1.165, 1.54) is 0 Å². The molecule has 0 unspecified atom stereocenters. The molecule has 0 bridgehead atoms. The van der Waals surface area contributed by atoms with E-state index in [1.54, 1.807) is 14.2 Å². The van der Waals surface area contributed by atoms with Gasteiger partial charge in [-0.3, -0.25) is 4.99 Å². The molecule has 6 nitrogen and oxygen atoms in total. The first kappa shape index (κ1) is 17.2. The van der Waals surface area contributed by atoms with E-state index in [2.05, 4.69) is 20.6 Å². The minimum atomic E-state index is -0.235. The number of aromatic nitrogens is 1. The van der Waals surface area contributed by atoms with Crippen molar-refractivity contribution >= 4 is 11.8 Å². The van der Waals surface area contributed by atoms with Gasteiger partial charge >= 0.3 is 0 Å². The van der Waals surface area contributed by atoms with Gasteiger partial charge in [-0.25, -0.2) is 4.98 Å². The summed E-state index contributed by atoms with van der Waals surface area (Å²) in [6, 6.07) is 5.98. The largest absolute Gasteiger partial charge is 0.377 e. The Balaban J connectivity index is 2.54. The van der Waals surface area contributed by atoms with Crippen LogP contribution in [0, 0.1) is 0 Å². The summed E-state index contributed by atoms with van der Waals surface area (Å²) < 4.78 is 5.37. The van der Waals surface area contributed by atoms with E-state index in [0.29, 0.717) is 13.1 Å². The Labute approximate surface area is 127 Å². The lowest BCUT2D eigenvalue weighted by atomic mass is 10.1. The van der Waals surface area contributed by atoms with Crippen molar-refractivity contribution in [1.82, 2.24) is 15.6 Å². The van der Waals surface area contributed by atoms with Gasteiger partial charge in [0.1, 0.15) is 5.82 Å². The van der Waals surface area contributed by atoms with Crippen molar-refractivity contribution in [2.45, 2.75) is 26.0 Å². The number of nitrogens with zero attached hydrogens (tertiary/aromatic N) is 3. The van der Waals surface area contributed by atoms with Crippen LogP contribution in [0.25, 0.3) is 0 Å². The predicted molar refractivity (Wildman–Crippen MR) is 87.9 cm³/mol. The van der Waals surface area contributed by atoms with E-state index in [-0.39, 0.29) is 5.60 Å². The fraction of sp³-hybridized carbons (Fsp3) is 0.600. The summed E-state index contributed by atoms with van der Waals surface area (Å²) in [5.74, 6) is 1.68. The molecule has 1 aromatic rings. The lowest BCUT2D eigenvalue weighted by molar-refractivity contribution is 0.0268. The van der Waals surface area contributed by atoms with Crippen molar-refractivity contribution in [1.29, 1.82) is 0 Å². The van der Waals surface area contributed by atoms with Crippen LogP contribution in [-0.2, 0) is 11.3 Å². The number of anilines is 1. The Kier molecular flexibility index (Phi) is 6.42. The van der Waals surface area contributed by atoms with Gasteiger partial charge in [0.25, 0.3) is 0 Å². The molecule has 0 saturated heterocycles. The molecular formula is C15H27N5O.